The van der Waals surface area contributed by atoms with Gasteiger partial charge in [0.15, 0.2) is 0 Å². The zero-order valence-corrected chi connectivity index (χ0v) is 14.6. The van der Waals surface area contributed by atoms with E-state index in [4.69, 9.17) is 13.8 Å². The van der Waals surface area contributed by atoms with Crippen molar-refractivity contribution in [1.82, 2.24) is 4.67 Å². The van der Waals surface area contributed by atoms with Crippen LogP contribution in [0.1, 0.15) is 26.3 Å². The first-order valence-electron chi connectivity index (χ1n) is 7.36. The minimum Gasteiger partial charge on any atom is -0.444 e. The molecule has 0 aromatic heterocycles. The van der Waals surface area contributed by atoms with Crippen LogP contribution < -0.4 is 0 Å². The minimum absolute atomic E-state index is 0.0652. The van der Waals surface area contributed by atoms with Crippen molar-refractivity contribution in [3.05, 3.63) is 53.9 Å². The topological polar surface area (TPSA) is 48.0 Å². The Morgan fingerprint density at radius 1 is 1.35 bits per heavy atom. The number of amides is 1. The number of carbonyl (C=O) groups is 1. The van der Waals surface area contributed by atoms with Crippen LogP contribution in [0.5, 0.6) is 0 Å². The third-order valence-corrected chi connectivity index (χ3v) is 4.74. The van der Waals surface area contributed by atoms with Crippen molar-refractivity contribution in [2.75, 3.05) is 13.2 Å². The number of hydrogen-bond donors (Lipinski definition) is 0. The van der Waals surface area contributed by atoms with Crippen molar-refractivity contribution in [2.24, 2.45) is 5.41 Å². The lowest BCUT2D eigenvalue weighted by atomic mass is 9.97. The molecule has 0 N–H and O–H groups in total. The number of carbonyl (C=O) groups excluding carboxylic acids is 1. The summed E-state index contributed by atoms with van der Waals surface area (Å²) in [5, 5.41) is 0. The van der Waals surface area contributed by atoms with Gasteiger partial charge < -0.3 is 13.8 Å². The van der Waals surface area contributed by atoms with Crippen molar-refractivity contribution in [1.29, 1.82) is 0 Å². The van der Waals surface area contributed by atoms with E-state index in [0.29, 0.717) is 18.9 Å². The van der Waals surface area contributed by atoms with Gasteiger partial charge in [-0.3, -0.25) is 0 Å². The van der Waals surface area contributed by atoms with Crippen LogP contribution in [0.15, 0.2) is 48.3 Å². The zero-order chi connectivity index (χ0) is 16.9. The van der Waals surface area contributed by atoms with Gasteiger partial charge in [0.25, 0.3) is 8.53 Å². The molecule has 0 atom stereocenters. The largest absolute Gasteiger partial charge is 0.444 e. The van der Waals surface area contributed by atoms with Gasteiger partial charge in [-0.25, -0.2) is 9.46 Å². The molecule has 1 aromatic carbocycles. The predicted molar refractivity (Wildman–Crippen MR) is 89.4 cm³/mol. The van der Waals surface area contributed by atoms with Crippen LogP contribution in [-0.4, -0.2) is 24.0 Å². The van der Waals surface area contributed by atoms with E-state index in [1.807, 2.05) is 44.2 Å². The van der Waals surface area contributed by atoms with E-state index in [9.17, 15) is 4.79 Å². The van der Waals surface area contributed by atoms with Crippen LogP contribution in [-0.2, 0) is 20.4 Å². The van der Waals surface area contributed by atoms with E-state index >= 15 is 0 Å². The molecule has 1 aliphatic heterocycles. The lowest BCUT2D eigenvalue weighted by Gasteiger charge is -2.37. The Labute approximate surface area is 138 Å². The molecule has 1 amide bonds. The van der Waals surface area contributed by atoms with E-state index in [2.05, 4.69) is 12.3 Å². The number of benzene rings is 1. The molecule has 124 valence electrons. The van der Waals surface area contributed by atoms with Gasteiger partial charge in [0.2, 0.25) is 0 Å². The first-order valence-corrected chi connectivity index (χ1v) is 8.49. The SMILES string of the molecule is C=C=C(C)N(C(=O)OCc1ccccc1)P1OCC(C)(C)CO1. The van der Waals surface area contributed by atoms with E-state index < -0.39 is 14.6 Å². The van der Waals surface area contributed by atoms with Crippen LogP contribution in [0.25, 0.3) is 0 Å². The van der Waals surface area contributed by atoms with Crippen molar-refractivity contribution >= 4 is 14.6 Å². The highest BCUT2D eigenvalue weighted by molar-refractivity contribution is 7.45. The maximum atomic E-state index is 12.4. The van der Waals surface area contributed by atoms with Gasteiger partial charge in [-0.15, -0.1) is 5.73 Å². The summed E-state index contributed by atoms with van der Waals surface area (Å²) < 4.78 is 18.2. The third-order valence-electron chi connectivity index (χ3n) is 3.25. The fraction of sp³-hybridized carbons (Fsp3) is 0.412. The second kappa shape index (κ2) is 7.76. The smallest absolute Gasteiger partial charge is 0.421 e. The summed E-state index contributed by atoms with van der Waals surface area (Å²) in [4.78, 5) is 12.4. The van der Waals surface area contributed by atoms with Gasteiger partial charge in [-0.2, -0.15) is 0 Å². The maximum Gasteiger partial charge on any atom is 0.421 e. The standard InChI is InChI=1S/C17H22NO4P/c1-5-14(2)18(23-21-12-17(3,4)13-22-23)16(19)20-11-15-9-7-6-8-10-15/h6-10H,1,11-13H2,2-4H3. The molecule has 0 unspecified atom stereocenters. The molecule has 1 aliphatic rings. The average molecular weight is 335 g/mol. The average Bonchev–Trinajstić information content (AvgIpc) is 2.55. The maximum absolute atomic E-state index is 12.4. The van der Waals surface area contributed by atoms with Gasteiger partial charge in [-0.05, 0) is 12.5 Å². The lowest BCUT2D eigenvalue weighted by molar-refractivity contribution is 0.0444. The normalized spacial score (nSPS) is 17.2. The van der Waals surface area contributed by atoms with Crippen LogP contribution in [0.2, 0.25) is 0 Å². The summed E-state index contributed by atoms with van der Waals surface area (Å²) >= 11 is 0. The van der Waals surface area contributed by atoms with Gasteiger partial charge in [-0.1, -0.05) is 50.8 Å². The summed E-state index contributed by atoms with van der Waals surface area (Å²) in [5.74, 6) is 0. The van der Waals surface area contributed by atoms with Gasteiger partial charge in [0.1, 0.15) is 6.61 Å². The number of hydrogen-bond acceptors (Lipinski definition) is 4. The first kappa shape index (κ1) is 17.7. The minimum atomic E-state index is -1.54. The number of rotatable bonds is 4. The van der Waals surface area contributed by atoms with Crippen molar-refractivity contribution in [2.45, 2.75) is 27.4 Å². The monoisotopic (exact) mass is 335 g/mol. The van der Waals surface area contributed by atoms with E-state index in [0.717, 1.165) is 5.56 Å². The lowest BCUT2D eigenvalue weighted by Crippen LogP contribution is -2.34. The Balaban J connectivity index is 2.03. The molecule has 0 radical (unpaired) electrons. The predicted octanol–water partition coefficient (Wildman–Crippen LogP) is 4.61. The molecule has 1 fully saturated rings. The quantitative estimate of drug-likeness (QED) is 0.595. The summed E-state index contributed by atoms with van der Waals surface area (Å²) in [6.07, 6.45) is -0.520. The van der Waals surface area contributed by atoms with Gasteiger partial charge in [0, 0.05) is 5.41 Å². The number of allylic oxidation sites excluding steroid dienone is 1. The summed E-state index contributed by atoms with van der Waals surface area (Å²) in [6.45, 7) is 10.6. The summed E-state index contributed by atoms with van der Waals surface area (Å²) in [7, 11) is -1.54. The molecule has 1 aromatic rings. The number of nitrogens with zero attached hydrogens (tertiary/aromatic N) is 1. The highest BCUT2D eigenvalue weighted by atomic mass is 31.2. The Kier molecular flexibility index (Phi) is 5.97. The molecule has 23 heavy (non-hydrogen) atoms. The number of ether oxygens (including phenoxy) is 1. The van der Waals surface area contributed by atoms with E-state index in [1.54, 1.807) is 6.92 Å². The van der Waals surface area contributed by atoms with Crippen molar-refractivity contribution in [3.63, 3.8) is 0 Å². The second-order valence-corrected chi connectivity index (χ2v) is 7.46. The second-order valence-electron chi connectivity index (χ2n) is 6.06. The highest BCUT2D eigenvalue weighted by Crippen LogP contribution is 2.50. The molecular formula is C17H22NO4P. The molecule has 0 spiro atoms. The van der Waals surface area contributed by atoms with E-state index in [-0.39, 0.29) is 12.0 Å². The molecule has 6 heteroatoms. The third kappa shape index (κ3) is 4.92. The molecule has 0 bridgehead atoms. The molecule has 1 heterocycles. The van der Waals surface area contributed by atoms with Crippen LogP contribution >= 0.6 is 8.53 Å². The Morgan fingerprint density at radius 2 is 1.96 bits per heavy atom. The summed E-state index contributed by atoms with van der Waals surface area (Å²) in [5.41, 5.74) is 4.08. The highest BCUT2D eigenvalue weighted by Gasteiger charge is 2.37. The molecule has 1 saturated heterocycles. The fourth-order valence-corrected chi connectivity index (χ4v) is 3.57. The molecule has 0 aliphatic carbocycles. The molecule has 0 saturated carbocycles. The van der Waals surface area contributed by atoms with Crippen LogP contribution in [0, 0.1) is 5.41 Å². The van der Waals surface area contributed by atoms with Gasteiger partial charge in [0.05, 0.1) is 18.9 Å². The molecular weight excluding hydrogens is 313 g/mol. The van der Waals surface area contributed by atoms with Crippen LogP contribution in [0.3, 0.4) is 0 Å². The fourth-order valence-electron chi connectivity index (χ4n) is 1.84. The first-order chi connectivity index (χ1) is 10.9. The van der Waals surface area contributed by atoms with E-state index in [1.165, 1.54) is 4.67 Å². The molecule has 5 nitrogen and oxygen atoms in total. The van der Waals surface area contributed by atoms with Crippen molar-refractivity contribution in [3.8, 4) is 0 Å². The van der Waals surface area contributed by atoms with Gasteiger partial charge >= 0.3 is 6.09 Å². The van der Waals surface area contributed by atoms with Crippen molar-refractivity contribution < 1.29 is 18.6 Å². The Hall–Kier alpha value is -1.64. The summed E-state index contributed by atoms with van der Waals surface area (Å²) in [6, 6.07) is 9.51. The van der Waals surface area contributed by atoms with Crippen LogP contribution in [0.4, 0.5) is 4.79 Å². The zero-order valence-electron chi connectivity index (χ0n) is 13.7. The molecule has 2 rings (SSSR count). The Morgan fingerprint density at radius 3 is 2.52 bits per heavy atom. The Bertz CT molecular complexity index is 586.